The number of carbonyl (C=O) groups is 1. The minimum absolute atomic E-state index is 0.217. The van der Waals surface area contributed by atoms with E-state index in [9.17, 15) is 9.59 Å². The molecule has 0 bridgehead atoms. The van der Waals surface area contributed by atoms with Gasteiger partial charge in [-0.3, -0.25) is 9.59 Å². The van der Waals surface area contributed by atoms with Gasteiger partial charge >= 0.3 is 0 Å². The molecule has 0 fully saturated rings. The topological polar surface area (TPSA) is 77.8 Å². The molecule has 3 aromatic carbocycles. The third-order valence-corrected chi connectivity index (χ3v) is 4.71. The summed E-state index contributed by atoms with van der Waals surface area (Å²) in [7, 11) is 3.07. The third kappa shape index (κ3) is 3.63. The van der Waals surface area contributed by atoms with Gasteiger partial charge in [0.15, 0.2) is 5.43 Å². The van der Waals surface area contributed by atoms with Crippen molar-refractivity contribution in [3.63, 3.8) is 0 Å². The fourth-order valence-electron chi connectivity index (χ4n) is 3.25. The van der Waals surface area contributed by atoms with E-state index < -0.39 is 0 Å². The van der Waals surface area contributed by atoms with Crippen LogP contribution in [0.5, 0.6) is 11.5 Å². The molecule has 1 amide bonds. The lowest BCUT2D eigenvalue weighted by Gasteiger charge is -2.10. The molecular formula is C24H19NO5. The molecule has 1 heterocycles. The van der Waals surface area contributed by atoms with Gasteiger partial charge in [-0.05, 0) is 42.5 Å². The molecule has 0 spiro atoms. The fourth-order valence-corrected chi connectivity index (χ4v) is 3.25. The summed E-state index contributed by atoms with van der Waals surface area (Å²) in [6.07, 6.45) is 0. The van der Waals surface area contributed by atoms with Crippen molar-refractivity contribution in [2.45, 2.75) is 0 Å². The van der Waals surface area contributed by atoms with Gasteiger partial charge in [-0.25, -0.2) is 0 Å². The van der Waals surface area contributed by atoms with E-state index in [4.69, 9.17) is 13.9 Å². The number of hydrogen-bond donors (Lipinski definition) is 1. The maximum atomic E-state index is 12.7. The van der Waals surface area contributed by atoms with Gasteiger partial charge in [0, 0.05) is 11.8 Å². The molecule has 0 atom stereocenters. The van der Waals surface area contributed by atoms with Crippen LogP contribution in [-0.2, 0) is 0 Å². The van der Waals surface area contributed by atoms with E-state index in [1.54, 1.807) is 55.6 Å². The maximum absolute atomic E-state index is 12.7. The van der Waals surface area contributed by atoms with Gasteiger partial charge < -0.3 is 19.2 Å². The van der Waals surface area contributed by atoms with Crippen LogP contribution in [0.2, 0.25) is 0 Å². The fraction of sp³-hybridized carbons (Fsp3) is 0.0833. The average molecular weight is 401 g/mol. The third-order valence-electron chi connectivity index (χ3n) is 4.71. The highest BCUT2D eigenvalue weighted by Gasteiger charge is 2.14. The van der Waals surface area contributed by atoms with Crippen LogP contribution < -0.4 is 20.2 Å². The summed E-state index contributed by atoms with van der Waals surface area (Å²) in [5.41, 5.74) is 1.77. The molecule has 0 saturated heterocycles. The van der Waals surface area contributed by atoms with Gasteiger partial charge in [0.1, 0.15) is 22.8 Å². The second kappa shape index (κ2) is 8.13. The van der Waals surface area contributed by atoms with E-state index >= 15 is 0 Å². The van der Waals surface area contributed by atoms with Gasteiger partial charge in [0.25, 0.3) is 5.91 Å². The smallest absolute Gasteiger partial charge is 0.259 e. The molecule has 0 radical (unpaired) electrons. The molecule has 1 aromatic heterocycles. The largest absolute Gasteiger partial charge is 0.496 e. The Bertz CT molecular complexity index is 1290. The minimum Gasteiger partial charge on any atom is -0.496 e. The zero-order valence-corrected chi connectivity index (χ0v) is 16.5. The Balaban J connectivity index is 1.69. The van der Waals surface area contributed by atoms with Crippen LogP contribution in [-0.4, -0.2) is 20.1 Å². The molecule has 6 nitrogen and oxygen atoms in total. The first kappa shape index (κ1) is 19.3. The maximum Gasteiger partial charge on any atom is 0.259 e. The summed E-state index contributed by atoms with van der Waals surface area (Å²) in [5, 5.41) is 3.16. The SMILES string of the molecule is COc1ccccc1C(=O)Nc1ccc2oc(-c3ccccc3OC)cc(=O)c2c1. The van der Waals surface area contributed by atoms with Crippen molar-refractivity contribution >= 4 is 22.6 Å². The standard InChI is InChI=1S/C24H19NO5/c1-28-20-9-5-3-7-16(20)23-14-19(26)18-13-15(11-12-22(18)30-23)25-24(27)17-8-4-6-10-21(17)29-2/h3-14H,1-2H3,(H,25,27). The number of rotatable bonds is 5. The van der Waals surface area contributed by atoms with E-state index in [1.165, 1.54) is 13.2 Å². The lowest BCUT2D eigenvalue weighted by Crippen LogP contribution is -2.13. The van der Waals surface area contributed by atoms with Crippen LogP contribution in [0.1, 0.15) is 10.4 Å². The molecule has 30 heavy (non-hydrogen) atoms. The van der Waals surface area contributed by atoms with E-state index in [2.05, 4.69) is 5.32 Å². The summed E-state index contributed by atoms with van der Waals surface area (Å²) in [6, 6.07) is 20.6. The number of ether oxygens (including phenoxy) is 2. The van der Waals surface area contributed by atoms with Crippen LogP contribution in [0.15, 0.2) is 82.0 Å². The van der Waals surface area contributed by atoms with Crippen molar-refractivity contribution in [3.05, 3.63) is 88.6 Å². The molecular weight excluding hydrogens is 382 g/mol. The van der Waals surface area contributed by atoms with Crippen molar-refractivity contribution in [1.82, 2.24) is 0 Å². The Morgan fingerprint density at radius 2 is 1.57 bits per heavy atom. The molecule has 0 aliphatic heterocycles. The van der Waals surface area contributed by atoms with Gasteiger partial charge in [-0.15, -0.1) is 0 Å². The first-order valence-electron chi connectivity index (χ1n) is 9.26. The van der Waals surface area contributed by atoms with Crippen molar-refractivity contribution in [2.24, 2.45) is 0 Å². The highest BCUT2D eigenvalue weighted by atomic mass is 16.5. The Morgan fingerprint density at radius 1 is 0.867 bits per heavy atom. The molecule has 4 rings (SSSR count). The first-order valence-corrected chi connectivity index (χ1v) is 9.26. The summed E-state index contributed by atoms with van der Waals surface area (Å²) in [4.78, 5) is 25.4. The average Bonchev–Trinajstić information content (AvgIpc) is 2.79. The van der Waals surface area contributed by atoms with Crippen LogP contribution >= 0.6 is 0 Å². The number of para-hydroxylation sites is 2. The molecule has 0 saturated carbocycles. The normalized spacial score (nSPS) is 10.6. The van der Waals surface area contributed by atoms with Crippen LogP contribution in [0, 0.1) is 0 Å². The quantitative estimate of drug-likeness (QED) is 0.523. The summed E-state index contributed by atoms with van der Waals surface area (Å²) >= 11 is 0. The molecule has 0 unspecified atom stereocenters. The number of methoxy groups -OCH3 is 2. The van der Waals surface area contributed by atoms with Crippen LogP contribution in [0.3, 0.4) is 0 Å². The summed E-state index contributed by atoms with van der Waals surface area (Å²) in [6.45, 7) is 0. The Labute approximate surface area is 172 Å². The van der Waals surface area contributed by atoms with E-state index in [0.717, 1.165) is 0 Å². The summed E-state index contributed by atoms with van der Waals surface area (Å²) in [5.74, 6) is 1.16. The number of amides is 1. The van der Waals surface area contributed by atoms with Gasteiger partial charge in [0.05, 0.1) is 30.7 Å². The Kier molecular flexibility index (Phi) is 5.22. The van der Waals surface area contributed by atoms with Crippen molar-refractivity contribution in [1.29, 1.82) is 0 Å². The number of anilines is 1. The highest BCUT2D eigenvalue weighted by molar-refractivity contribution is 6.06. The van der Waals surface area contributed by atoms with E-state index in [0.29, 0.717) is 45.0 Å². The second-order valence-electron chi connectivity index (χ2n) is 6.54. The van der Waals surface area contributed by atoms with Crippen molar-refractivity contribution in [2.75, 3.05) is 19.5 Å². The Morgan fingerprint density at radius 3 is 2.33 bits per heavy atom. The van der Waals surface area contributed by atoms with Gasteiger partial charge in [-0.2, -0.15) is 0 Å². The number of fused-ring (bicyclic) bond motifs is 1. The predicted molar refractivity (Wildman–Crippen MR) is 115 cm³/mol. The van der Waals surface area contributed by atoms with E-state index in [-0.39, 0.29) is 11.3 Å². The van der Waals surface area contributed by atoms with Crippen molar-refractivity contribution < 1.29 is 18.7 Å². The molecule has 4 aromatic rings. The number of hydrogen-bond acceptors (Lipinski definition) is 5. The van der Waals surface area contributed by atoms with Crippen LogP contribution in [0.25, 0.3) is 22.3 Å². The van der Waals surface area contributed by atoms with Gasteiger partial charge in [0.2, 0.25) is 0 Å². The van der Waals surface area contributed by atoms with Gasteiger partial charge in [-0.1, -0.05) is 24.3 Å². The Hall–Kier alpha value is -4.06. The lowest BCUT2D eigenvalue weighted by atomic mass is 10.1. The molecule has 0 aliphatic carbocycles. The second-order valence-corrected chi connectivity index (χ2v) is 6.54. The molecule has 6 heteroatoms. The monoisotopic (exact) mass is 401 g/mol. The molecule has 150 valence electrons. The van der Waals surface area contributed by atoms with E-state index in [1.807, 2.05) is 18.2 Å². The van der Waals surface area contributed by atoms with Crippen molar-refractivity contribution in [3.8, 4) is 22.8 Å². The minimum atomic E-state index is -0.332. The lowest BCUT2D eigenvalue weighted by molar-refractivity contribution is 0.102. The zero-order valence-electron chi connectivity index (χ0n) is 16.5. The summed E-state index contributed by atoms with van der Waals surface area (Å²) < 4.78 is 16.5. The number of nitrogens with one attached hydrogen (secondary N) is 1. The number of benzene rings is 3. The number of carbonyl (C=O) groups excluding carboxylic acids is 1. The zero-order chi connectivity index (χ0) is 21.1. The van der Waals surface area contributed by atoms with Crippen LogP contribution in [0.4, 0.5) is 5.69 Å². The molecule has 0 aliphatic rings. The first-order chi connectivity index (χ1) is 14.6. The predicted octanol–water partition coefficient (Wildman–Crippen LogP) is 4.73. The molecule has 1 N–H and O–H groups in total. The highest BCUT2D eigenvalue weighted by Crippen LogP contribution is 2.31.